The van der Waals surface area contributed by atoms with E-state index in [0.717, 1.165) is 57.8 Å². The Hall–Kier alpha value is -2.24. The van der Waals surface area contributed by atoms with E-state index in [1.165, 1.54) is 257 Å². The summed E-state index contributed by atoms with van der Waals surface area (Å²) in [6, 6.07) is 0. The van der Waals surface area contributed by atoms with Crippen molar-refractivity contribution < 1.29 is 38.1 Å². The van der Waals surface area contributed by atoms with Gasteiger partial charge < -0.3 is 24.3 Å². The van der Waals surface area contributed by atoms with E-state index in [1.807, 2.05) is 0 Å². The number of carbonyl (C=O) groups excluding carboxylic acids is 4. The van der Waals surface area contributed by atoms with Gasteiger partial charge in [-0.05, 0) is 45.1 Å². The Labute approximate surface area is 508 Å². The van der Waals surface area contributed by atoms with Crippen molar-refractivity contribution in [2.45, 2.75) is 355 Å². The highest BCUT2D eigenvalue weighted by Crippen LogP contribution is 2.16. The number of hydrogen-bond acceptors (Lipinski definition) is 11. The van der Waals surface area contributed by atoms with Crippen LogP contribution in [0, 0.1) is 0 Å². The van der Waals surface area contributed by atoms with Crippen LogP contribution in [0.4, 0.5) is 0 Å². The molecular formula is C71H139N3O8. The zero-order chi connectivity index (χ0) is 59.5. The number of nitrogens with one attached hydrogen (secondary N) is 1. The van der Waals surface area contributed by atoms with Crippen molar-refractivity contribution in [2.24, 2.45) is 0 Å². The molecule has 0 unspecified atom stereocenters. The zero-order valence-corrected chi connectivity index (χ0v) is 55.2. The summed E-state index contributed by atoms with van der Waals surface area (Å²) in [5.74, 6) is -0.884. The van der Waals surface area contributed by atoms with Gasteiger partial charge in [-0.25, -0.2) is 0 Å². The van der Waals surface area contributed by atoms with Gasteiger partial charge >= 0.3 is 23.9 Å². The number of carbonyl (C=O) groups is 4. The predicted molar refractivity (Wildman–Crippen MR) is 348 cm³/mol. The molecule has 82 heavy (non-hydrogen) atoms. The Kier molecular flexibility index (Phi) is 66.0. The standard InChI is InChI=1S/C71H139N3O8/c1-5-9-13-17-21-25-29-33-37-41-45-51-61-79-68(75)55-49-50-57-73(66-70(77)81-63-53-47-43-39-35-31-27-23-19-15-11-7-3)59-60-74(67-71(78)82-64-54-48-44-40-36-32-28-24-20-16-12-8-4)58-56-72-65-69(76)80-62-52-46-42-38-34-30-26-22-18-14-10-6-2/h72H,5-67H2,1-4H3. The molecule has 0 amide bonds. The molecule has 0 fully saturated rings. The Morgan fingerprint density at radius 1 is 0.256 bits per heavy atom. The Morgan fingerprint density at radius 3 is 0.793 bits per heavy atom. The minimum absolute atomic E-state index is 0.119. The Balaban J connectivity index is 5.21. The fraction of sp³-hybridized carbons (Fsp3) is 0.944. The third kappa shape index (κ3) is 63.8. The summed E-state index contributed by atoms with van der Waals surface area (Å²) in [5, 5.41) is 3.25. The monoisotopic (exact) mass is 1160 g/mol. The van der Waals surface area contributed by atoms with Crippen LogP contribution >= 0.6 is 0 Å². The van der Waals surface area contributed by atoms with Crippen LogP contribution in [0.5, 0.6) is 0 Å². The second-order valence-electron chi connectivity index (χ2n) is 24.6. The van der Waals surface area contributed by atoms with Gasteiger partial charge in [-0.1, -0.05) is 310 Å². The Bertz CT molecular complexity index is 1240. The van der Waals surface area contributed by atoms with Gasteiger partial charge in [0.15, 0.2) is 0 Å². The van der Waals surface area contributed by atoms with Gasteiger partial charge in [0.05, 0.1) is 46.1 Å². The van der Waals surface area contributed by atoms with Crippen LogP contribution in [-0.4, -0.2) is 112 Å². The van der Waals surface area contributed by atoms with Crippen molar-refractivity contribution in [2.75, 3.05) is 78.8 Å². The van der Waals surface area contributed by atoms with Crippen molar-refractivity contribution in [3.05, 3.63) is 0 Å². The molecule has 1 N–H and O–H groups in total. The summed E-state index contributed by atoms with van der Waals surface area (Å²) in [6.07, 6.45) is 62.3. The zero-order valence-electron chi connectivity index (χ0n) is 55.2. The summed E-state index contributed by atoms with van der Waals surface area (Å²) in [7, 11) is 0. The molecule has 0 atom stereocenters. The van der Waals surface area contributed by atoms with Crippen molar-refractivity contribution in [1.29, 1.82) is 0 Å². The third-order valence-electron chi connectivity index (χ3n) is 16.5. The average molecular weight is 1160 g/mol. The van der Waals surface area contributed by atoms with E-state index >= 15 is 0 Å². The summed E-state index contributed by atoms with van der Waals surface area (Å²) < 4.78 is 22.7. The lowest BCUT2D eigenvalue weighted by Crippen LogP contribution is -2.43. The van der Waals surface area contributed by atoms with Gasteiger partial charge in [0.2, 0.25) is 0 Å². The van der Waals surface area contributed by atoms with E-state index in [2.05, 4.69) is 42.8 Å². The van der Waals surface area contributed by atoms with Crippen LogP contribution in [0.2, 0.25) is 0 Å². The molecule has 0 aromatic heterocycles. The molecule has 0 heterocycles. The first kappa shape index (κ1) is 79.8. The van der Waals surface area contributed by atoms with Crippen molar-refractivity contribution in [3.8, 4) is 0 Å². The van der Waals surface area contributed by atoms with Gasteiger partial charge in [-0.15, -0.1) is 0 Å². The molecule has 0 bridgehead atoms. The third-order valence-corrected chi connectivity index (χ3v) is 16.5. The largest absolute Gasteiger partial charge is 0.466 e. The summed E-state index contributed by atoms with van der Waals surface area (Å²) >= 11 is 0. The van der Waals surface area contributed by atoms with Crippen molar-refractivity contribution in [1.82, 2.24) is 15.1 Å². The highest BCUT2D eigenvalue weighted by atomic mass is 16.5. The van der Waals surface area contributed by atoms with E-state index in [4.69, 9.17) is 18.9 Å². The molecule has 11 heteroatoms. The molecular weight excluding hydrogens is 1020 g/mol. The van der Waals surface area contributed by atoms with Crippen LogP contribution < -0.4 is 5.32 Å². The SMILES string of the molecule is CCCCCCCCCCCCCCOC(=O)CCCCN(CCN(CCNCC(=O)OCCCCCCCCCCCCCC)CC(=O)OCCCCCCCCCCCCCC)CC(=O)OCCCCCCCCCCCCCC. The first-order valence-electron chi connectivity index (χ1n) is 36.1. The average Bonchev–Trinajstić information content (AvgIpc) is 3.47. The molecule has 0 saturated carbocycles. The first-order valence-corrected chi connectivity index (χ1v) is 36.1. The van der Waals surface area contributed by atoms with Crippen LogP contribution in [0.15, 0.2) is 0 Å². The molecule has 0 rings (SSSR count). The fourth-order valence-electron chi connectivity index (χ4n) is 11.0. The molecule has 0 aliphatic rings. The van der Waals surface area contributed by atoms with Gasteiger partial charge in [-0.3, -0.25) is 29.0 Å². The van der Waals surface area contributed by atoms with Gasteiger partial charge in [0.1, 0.15) is 0 Å². The maximum Gasteiger partial charge on any atom is 0.320 e. The molecule has 0 saturated heterocycles. The number of ether oxygens (including phenoxy) is 4. The Morgan fingerprint density at radius 2 is 0.500 bits per heavy atom. The number of rotatable bonds is 69. The van der Waals surface area contributed by atoms with Crippen LogP contribution in [0.3, 0.4) is 0 Å². The summed E-state index contributed by atoms with van der Waals surface area (Å²) in [6.45, 7) is 14.0. The molecule has 486 valence electrons. The second kappa shape index (κ2) is 67.9. The van der Waals surface area contributed by atoms with Crippen LogP contribution in [0.25, 0.3) is 0 Å². The van der Waals surface area contributed by atoms with E-state index in [0.29, 0.717) is 72.0 Å². The molecule has 0 aromatic rings. The lowest BCUT2D eigenvalue weighted by molar-refractivity contribution is -0.147. The van der Waals surface area contributed by atoms with Crippen LogP contribution in [0.1, 0.15) is 355 Å². The van der Waals surface area contributed by atoms with Gasteiger partial charge in [0.25, 0.3) is 0 Å². The summed E-state index contributed by atoms with van der Waals surface area (Å²) in [4.78, 5) is 56.2. The van der Waals surface area contributed by atoms with Crippen molar-refractivity contribution >= 4 is 23.9 Å². The molecule has 0 radical (unpaired) electrons. The van der Waals surface area contributed by atoms with E-state index < -0.39 is 0 Å². The number of hydrogen-bond donors (Lipinski definition) is 1. The smallest absolute Gasteiger partial charge is 0.320 e. The van der Waals surface area contributed by atoms with Crippen LogP contribution in [-0.2, 0) is 38.1 Å². The molecule has 0 aromatic carbocycles. The highest BCUT2D eigenvalue weighted by molar-refractivity contribution is 5.72. The fourth-order valence-corrected chi connectivity index (χ4v) is 11.0. The number of unbranched alkanes of at least 4 members (excludes halogenated alkanes) is 45. The first-order chi connectivity index (χ1) is 40.4. The molecule has 11 nitrogen and oxygen atoms in total. The minimum Gasteiger partial charge on any atom is -0.466 e. The normalized spacial score (nSPS) is 11.5. The molecule has 0 aliphatic carbocycles. The number of nitrogens with zero attached hydrogens (tertiary/aromatic N) is 2. The van der Waals surface area contributed by atoms with Gasteiger partial charge in [-0.2, -0.15) is 0 Å². The maximum atomic E-state index is 13.3. The lowest BCUT2D eigenvalue weighted by atomic mass is 10.1. The van der Waals surface area contributed by atoms with Gasteiger partial charge in [0, 0.05) is 32.6 Å². The van der Waals surface area contributed by atoms with E-state index in [9.17, 15) is 19.2 Å². The topological polar surface area (TPSA) is 124 Å². The van der Waals surface area contributed by atoms with Crippen molar-refractivity contribution in [3.63, 3.8) is 0 Å². The minimum atomic E-state index is -0.252. The molecule has 0 spiro atoms. The maximum absolute atomic E-state index is 13.3. The van der Waals surface area contributed by atoms with E-state index in [1.54, 1.807) is 0 Å². The predicted octanol–water partition coefficient (Wildman–Crippen LogP) is 19.3. The number of esters is 4. The molecule has 0 aliphatic heterocycles. The summed E-state index contributed by atoms with van der Waals surface area (Å²) in [5.41, 5.74) is 0. The van der Waals surface area contributed by atoms with E-state index in [-0.39, 0.29) is 43.5 Å². The quantitative estimate of drug-likeness (QED) is 0.0356. The highest BCUT2D eigenvalue weighted by Gasteiger charge is 2.18. The second-order valence-corrected chi connectivity index (χ2v) is 24.6. The lowest BCUT2D eigenvalue weighted by Gasteiger charge is -2.27.